The molecule has 10 rings (SSSR count). The highest BCUT2D eigenvalue weighted by Gasteiger charge is 2.18. The number of aromatic nitrogens is 2. The van der Waals surface area contributed by atoms with E-state index >= 15 is 0 Å². The summed E-state index contributed by atoms with van der Waals surface area (Å²) in [4.78, 5) is 11.0. The van der Waals surface area contributed by atoms with Gasteiger partial charge in [-0.25, -0.2) is 9.97 Å². The molecule has 0 atom stereocenters. The molecule has 0 aliphatic heterocycles. The van der Waals surface area contributed by atoms with Gasteiger partial charge in [0.25, 0.3) is 0 Å². The van der Waals surface area contributed by atoms with Crippen molar-refractivity contribution in [3.05, 3.63) is 170 Å². The first-order chi connectivity index (χ1) is 24.3. The molecular weight excluding hydrogens is 613 g/mol. The molecule has 0 saturated carbocycles. The molecule has 0 N–H and O–H groups in total. The van der Waals surface area contributed by atoms with E-state index in [1.807, 2.05) is 11.3 Å². The van der Waals surface area contributed by atoms with E-state index in [4.69, 9.17) is 9.97 Å². The summed E-state index contributed by atoms with van der Waals surface area (Å²) in [5, 5.41) is 7.21. The zero-order valence-electron chi connectivity index (χ0n) is 26.5. The number of hydrogen-bond donors (Lipinski definition) is 0. The molecule has 0 spiro atoms. The average molecular weight is 641 g/mol. The fourth-order valence-electron chi connectivity index (χ4n) is 7.27. The Labute approximate surface area is 287 Å². The normalized spacial score (nSPS) is 11.7. The van der Waals surface area contributed by atoms with Crippen LogP contribution in [0.4, 0.5) is 0 Å². The molecule has 2 heterocycles. The van der Waals surface area contributed by atoms with Crippen LogP contribution in [-0.2, 0) is 0 Å². The molecule has 0 fully saturated rings. The first-order valence-electron chi connectivity index (χ1n) is 16.6. The quantitative estimate of drug-likeness (QED) is 0.179. The van der Waals surface area contributed by atoms with Crippen molar-refractivity contribution in [2.45, 2.75) is 0 Å². The van der Waals surface area contributed by atoms with Gasteiger partial charge in [0.1, 0.15) is 0 Å². The highest BCUT2D eigenvalue weighted by molar-refractivity contribution is 7.25. The van der Waals surface area contributed by atoms with Crippen molar-refractivity contribution in [2.24, 2.45) is 0 Å². The molecule has 0 aliphatic carbocycles. The van der Waals surface area contributed by atoms with Gasteiger partial charge in [-0.1, -0.05) is 146 Å². The van der Waals surface area contributed by atoms with Crippen LogP contribution in [0, 0.1) is 0 Å². The maximum Gasteiger partial charge on any atom is 0.0979 e. The third-order valence-corrected chi connectivity index (χ3v) is 10.8. The predicted molar refractivity (Wildman–Crippen MR) is 209 cm³/mol. The van der Waals surface area contributed by atoms with Crippen LogP contribution in [0.25, 0.3) is 97.5 Å². The standard InChI is InChI=1S/C46H28N2S/c1-2-11-29(12-3-1)30-21-23-31(24-22-30)43-44(48-46-39-19-7-5-16-36(39)35-15-4-6-18-38(35)45(46)47-43)34-14-10-13-32(27-34)33-25-26-42-40(28-33)37-17-8-9-20-41(37)49-42/h1-28H. The van der Waals surface area contributed by atoms with Gasteiger partial charge in [-0.3, -0.25) is 0 Å². The van der Waals surface area contributed by atoms with Gasteiger partial charge in [-0.15, -0.1) is 11.3 Å². The van der Waals surface area contributed by atoms with E-state index in [0.717, 1.165) is 49.9 Å². The van der Waals surface area contributed by atoms with Crippen LogP contribution in [0.5, 0.6) is 0 Å². The van der Waals surface area contributed by atoms with E-state index < -0.39 is 0 Å². The van der Waals surface area contributed by atoms with E-state index in [9.17, 15) is 0 Å². The first kappa shape index (κ1) is 27.9. The second kappa shape index (κ2) is 11.2. The van der Waals surface area contributed by atoms with Gasteiger partial charge in [0.05, 0.1) is 22.4 Å². The van der Waals surface area contributed by atoms with Crippen LogP contribution in [0.3, 0.4) is 0 Å². The molecule has 0 bridgehead atoms. The number of fused-ring (bicyclic) bond motifs is 9. The summed E-state index contributed by atoms with van der Waals surface area (Å²) < 4.78 is 2.62. The van der Waals surface area contributed by atoms with E-state index in [-0.39, 0.29) is 0 Å². The molecule has 0 amide bonds. The molecule has 228 valence electrons. The van der Waals surface area contributed by atoms with Crippen molar-refractivity contribution in [2.75, 3.05) is 0 Å². The second-order valence-corrected chi connectivity index (χ2v) is 13.6. The summed E-state index contributed by atoms with van der Waals surface area (Å²) in [6, 6.07) is 60.7. The largest absolute Gasteiger partial charge is 0.243 e. The Morgan fingerprint density at radius 1 is 0.286 bits per heavy atom. The second-order valence-electron chi connectivity index (χ2n) is 12.5. The molecule has 0 radical (unpaired) electrons. The average Bonchev–Trinajstić information content (AvgIpc) is 3.56. The number of hydrogen-bond acceptors (Lipinski definition) is 3. The lowest BCUT2D eigenvalue weighted by Crippen LogP contribution is -1.98. The summed E-state index contributed by atoms with van der Waals surface area (Å²) in [6.45, 7) is 0. The lowest BCUT2D eigenvalue weighted by molar-refractivity contribution is 1.31. The summed E-state index contributed by atoms with van der Waals surface area (Å²) >= 11 is 1.85. The zero-order valence-corrected chi connectivity index (χ0v) is 27.3. The molecular formula is C46H28N2S. The summed E-state index contributed by atoms with van der Waals surface area (Å²) in [5.41, 5.74) is 10.4. The minimum absolute atomic E-state index is 0.879. The van der Waals surface area contributed by atoms with Crippen molar-refractivity contribution >= 4 is 64.1 Å². The third kappa shape index (κ3) is 4.62. The molecule has 2 aromatic heterocycles. The molecule has 0 aliphatic rings. The van der Waals surface area contributed by atoms with E-state index in [1.54, 1.807) is 0 Å². The SMILES string of the molecule is c1ccc(-c2ccc(-c3nc4c5ccccc5c5ccccc5c4nc3-c3cccc(-c4ccc5sc6ccccc6c5c4)c3)cc2)cc1. The maximum absolute atomic E-state index is 5.54. The van der Waals surface area contributed by atoms with Crippen molar-refractivity contribution in [1.29, 1.82) is 0 Å². The van der Waals surface area contributed by atoms with Crippen LogP contribution in [-0.4, -0.2) is 9.97 Å². The van der Waals surface area contributed by atoms with Gasteiger partial charge in [0.15, 0.2) is 0 Å². The molecule has 2 nitrogen and oxygen atoms in total. The van der Waals surface area contributed by atoms with Crippen LogP contribution in [0.1, 0.15) is 0 Å². The Morgan fingerprint density at radius 2 is 0.755 bits per heavy atom. The monoisotopic (exact) mass is 640 g/mol. The van der Waals surface area contributed by atoms with Gasteiger partial charge in [0, 0.05) is 42.1 Å². The highest BCUT2D eigenvalue weighted by atomic mass is 32.1. The van der Waals surface area contributed by atoms with E-state index in [2.05, 4.69) is 170 Å². The summed E-state index contributed by atoms with van der Waals surface area (Å²) in [6.07, 6.45) is 0. The molecule has 0 saturated heterocycles. The summed E-state index contributed by atoms with van der Waals surface area (Å²) in [7, 11) is 0. The fourth-order valence-corrected chi connectivity index (χ4v) is 8.35. The van der Waals surface area contributed by atoms with Crippen LogP contribution >= 0.6 is 11.3 Å². The Kier molecular flexibility index (Phi) is 6.39. The highest BCUT2D eigenvalue weighted by Crippen LogP contribution is 2.40. The van der Waals surface area contributed by atoms with Gasteiger partial charge in [-0.2, -0.15) is 0 Å². The zero-order chi connectivity index (χ0) is 32.3. The maximum atomic E-state index is 5.54. The smallest absolute Gasteiger partial charge is 0.0979 e. The Balaban J connectivity index is 1.21. The molecule has 49 heavy (non-hydrogen) atoms. The van der Waals surface area contributed by atoms with E-state index in [1.165, 1.54) is 47.6 Å². The Morgan fingerprint density at radius 3 is 1.47 bits per heavy atom. The van der Waals surface area contributed by atoms with Crippen LogP contribution < -0.4 is 0 Å². The van der Waals surface area contributed by atoms with Crippen molar-refractivity contribution < 1.29 is 0 Å². The van der Waals surface area contributed by atoms with Crippen LogP contribution in [0.15, 0.2) is 170 Å². The minimum atomic E-state index is 0.879. The molecule has 0 unspecified atom stereocenters. The Bertz CT molecular complexity index is 2870. The van der Waals surface area contributed by atoms with Crippen molar-refractivity contribution in [3.63, 3.8) is 0 Å². The molecule has 8 aromatic carbocycles. The predicted octanol–water partition coefficient (Wildman–Crippen LogP) is 13.0. The van der Waals surface area contributed by atoms with Gasteiger partial charge >= 0.3 is 0 Å². The first-order valence-corrected chi connectivity index (χ1v) is 17.4. The van der Waals surface area contributed by atoms with Gasteiger partial charge in [0.2, 0.25) is 0 Å². The Hall–Kier alpha value is -6.16. The van der Waals surface area contributed by atoms with Gasteiger partial charge in [-0.05, 0) is 57.3 Å². The van der Waals surface area contributed by atoms with Gasteiger partial charge < -0.3 is 0 Å². The summed E-state index contributed by atoms with van der Waals surface area (Å²) in [5.74, 6) is 0. The minimum Gasteiger partial charge on any atom is -0.243 e. The topological polar surface area (TPSA) is 25.8 Å². The molecule has 3 heteroatoms. The van der Waals surface area contributed by atoms with Crippen molar-refractivity contribution in [3.8, 4) is 44.8 Å². The van der Waals surface area contributed by atoms with Crippen molar-refractivity contribution in [1.82, 2.24) is 9.97 Å². The lowest BCUT2D eigenvalue weighted by Gasteiger charge is -2.15. The molecule has 10 aromatic rings. The number of rotatable bonds is 4. The van der Waals surface area contributed by atoms with E-state index in [0.29, 0.717) is 0 Å². The fraction of sp³-hybridized carbons (Fsp3) is 0. The third-order valence-electron chi connectivity index (χ3n) is 9.66. The van der Waals surface area contributed by atoms with Crippen LogP contribution in [0.2, 0.25) is 0 Å². The number of benzene rings is 8. The lowest BCUT2D eigenvalue weighted by atomic mass is 9.95. The number of thiophene rings is 1. The number of nitrogens with zero attached hydrogens (tertiary/aromatic N) is 2.